The summed E-state index contributed by atoms with van der Waals surface area (Å²) in [4.78, 5) is 0. The molecule has 1 aromatic rings. The minimum Gasteiger partial charge on any atom is -0.491 e. The quantitative estimate of drug-likeness (QED) is 0.709. The van der Waals surface area contributed by atoms with Gasteiger partial charge >= 0.3 is 0 Å². The lowest BCUT2D eigenvalue weighted by Gasteiger charge is -2.15. The number of ether oxygens (including phenoxy) is 4. The Balaban J connectivity index is 2.02. The van der Waals surface area contributed by atoms with E-state index in [0.717, 1.165) is 48.7 Å². The van der Waals surface area contributed by atoms with E-state index in [9.17, 15) is 0 Å². The Morgan fingerprint density at radius 1 is 1.14 bits per heavy atom. The van der Waals surface area contributed by atoms with Crippen LogP contribution in [0.25, 0.3) is 0 Å². The molecule has 0 aromatic heterocycles. The molecule has 0 spiro atoms. The average Bonchev–Trinajstić information content (AvgIpc) is 2.94. The predicted octanol–water partition coefficient (Wildman–Crippen LogP) is 2.50. The molecule has 0 saturated heterocycles. The fraction of sp³-hybridized carbons (Fsp3) is 0.625. The van der Waals surface area contributed by atoms with Crippen molar-refractivity contribution >= 4 is 0 Å². The van der Waals surface area contributed by atoms with Crippen molar-refractivity contribution in [3.05, 3.63) is 17.7 Å². The third kappa shape index (κ3) is 4.51. The van der Waals surface area contributed by atoms with E-state index in [2.05, 4.69) is 13.8 Å². The van der Waals surface area contributed by atoms with Crippen LogP contribution in [0, 0.1) is 0 Å². The highest BCUT2D eigenvalue weighted by Crippen LogP contribution is 2.38. The number of fused-ring (bicyclic) bond motifs is 1. The lowest BCUT2D eigenvalue weighted by Crippen LogP contribution is -2.22. The Morgan fingerprint density at radius 3 is 2.62 bits per heavy atom. The van der Waals surface area contributed by atoms with Crippen LogP contribution in [0.4, 0.5) is 0 Å². The second-order valence-electron chi connectivity index (χ2n) is 5.15. The van der Waals surface area contributed by atoms with Gasteiger partial charge in [-0.05, 0) is 30.9 Å². The molecule has 5 nitrogen and oxygen atoms in total. The molecule has 5 heteroatoms. The van der Waals surface area contributed by atoms with Crippen molar-refractivity contribution in [2.75, 3.05) is 26.6 Å². The normalized spacial score (nSPS) is 14.2. The number of benzene rings is 1. The van der Waals surface area contributed by atoms with E-state index in [-0.39, 0.29) is 12.8 Å². The van der Waals surface area contributed by atoms with E-state index >= 15 is 0 Å². The van der Waals surface area contributed by atoms with E-state index in [4.69, 9.17) is 24.7 Å². The summed E-state index contributed by atoms with van der Waals surface area (Å²) in [5.41, 5.74) is 7.12. The molecular formula is C16H25NO4. The van der Waals surface area contributed by atoms with Gasteiger partial charge in [-0.25, -0.2) is 0 Å². The SMILES string of the molecule is CCCOCCOc1cc2c(cc1CC(N)CC)OCO2. The lowest BCUT2D eigenvalue weighted by atomic mass is 10.0. The zero-order valence-electron chi connectivity index (χ0n) is 12.9. The molecule has 21 heavy (non-hydrogen) atoms. The highest BCUT2D eigenvalue weighted by atomic mass is 16.7. The summed E-state index contributed by atoms with van der Waals surface area (Å²) >= 11 is 0. The maximum absolute atomic E-state index is 6.06. The van der Waals surface area contributed by atoms with Gasteiger partial charge in [0.1, 0.15) is 12.4 Å². The second kappa shape index (κ2) is 8.10. The molecule has 1 aliphatic heterocycles. The molecule has 0 amide bonds. The van der Waals surface area contributed by atoms with Gasteiger partial charge in [-0.2, -0.15) is 0 Å². The van der Waals surface area contributed by atoms with E-state index in [1.807, 2.05) is 12.1 Å². The van der Waals surface area contributed by atoms with Crippen LogP contribution in [0.3, 0.4) is 0 Å². The second-order valence-corrected chi connectivity index (χ2v) is 5.15. The van der Waals surface area contributed by atoms with Gasteiger partial charge in [0.2, 0.25) is 6.79 Å². The van der Waals surface area contributed by atoms with Crippen LogP contribution >= 0.6 is 0 Å². The molecule has 1 heterocycles. The van der Waals surface area contributed by atoms with Gasteiger partial charge in [0, 0.05) is 18.7 Å². The summed E-state index contributed by atoms with van der Waals surface area (Å²) in [6.45, 7) is 6.30. The van der Waals surface area contributed by atoms with Crippen molar-refractivity contribution in [1.29, 1.82) is 0 Å². The highest BCUT2D eigenvalue weighted by Gasteiger charge is 2.19. The van der Waals surface area contributed by atoms with Gasteiger partial charge in [-0.15, -0.1) is 0 Å². The molecule has 2 N–H and O–H groups in total. The zero-order chi connectivity index (χ0) is 15.1. The van der Waals surface area contributed by atoms with Crippen LogP contribution in [-0.2, 0) is 11.2 Å². The Bertz CT molecular complexity index is 450. The van der Waals surface area contributed by atoms with Gasteiger partial charge in [0.25, 0.3) is 0 Å². The third-order valence-electron chi connectivity index (χ3n) is 3.40. The van der Waals surface area contributed by atoms with Crippen LogP contribution in [-0.4, -0.2) is 32.7 Å². The molecule has 1 atom stereocenters. The van der Waals surface area contributed by atoms with Gasteiger partial charge in [-0.3, -0.25) is 0 Å². The molecule has 1 unspecified atom stereocenters. The Hall–Kier alpha value is -1.46. The molecule has 0 fully saturated rings. The van der Waals surface area contributed by atoms with Crippen molar-refractivity contribution in [3.63, 3.8) is 0 Å². The highest BCUT2D eigenvalue weighted by molar-refractivity contribution is 5.52. The fourth-order valence-corrected chi connectivity index (χ4v) is 2.14. The molecule has 0 bridgehead atoms. The van der Waals surface area contributed by atoms with Crippen LogP contribution in [0.2, 0.25) is 0 Å². The monoisotopic (exact) mass is 295 g/mol. The molecule has 118 valence electrons. The van der Waals surface area contributed by atoms with Crippen molar-refractivity contribution in [2.24, 2.45) is 5.73 Å². The largest absolute Gasteiger partial charge is 0.491 e. The number of nitrogens with two attached hydrogens (primary N) is 1. The Morgan fingerprint density at radius 2 is 1.90 bits per heavy atom. The van der Waals surface area contributed by atoms with Crippen molar-refractivity contribution in [2.45, 2.75) is 39.2 Å². The molecule has 1 aromatic carbocycles. The maximum Gasteiger partial charge on any atom is 0.231 e. The summed E-state index contributed by atoms with van der Waals surface area (Å²) in [6.07, 6.45) is 2.70. The van der Waals surface area contributed by atoms with Crippen LogP contribution < -0.4 is 19.9 Å². The minimum absolute atomic E-state index is 0.115. The first-order valence-electron chi connectivity index (χ1n) is 7.63. The first-order valence-corrected chi connectivity index (χ1v) is 7.63. The molecular weight excluding hydrogens is 270 g/mol. The molecule has 1 aliphatic rings. The predicted molar refractivity (Wildman–Crippen MR) is 81.1 cm³/mol. The lowest BCUT2D eigenvalue weighted by molar-refractivity contribution is 0.100. The standard InChI is InChI=1S/C16H25NO4/c1-3-5-18-6-7-19-14-10-16-15(20-11-21-16)9-12(14)8-13(17)4-2/h9-10,13H,3-8,11,17H2,1-2H3. The van der Waals surface area contributed by atoms with E-state index in [1.165, 1.54) is 0 Å². The summed E-state index contributed by atoms with van der Waals surface area (Å²) in [6, 6.07) is 3.98. The Labute approximate surface area is 126 Å². The number of rotatable bonds is 9. The smallest absolute Gasteiger partial charge is 0.231 e. The van der Waals surface area contributed by atoms with Gasteiger partial charge in [0.05, 0.1) is 6.61 Å². The number of hydrogen-bond donors (Lipinski definition) is 1. The molecule has 2 rings (SSSR count). The Kier molecular flexibility index (Phi) is 6.14. The zero-order valence-corrected chi connectivity index (χ0v) is 12.9. The molecule has 0 radical (unpaired) electrons. The summed E-state index contributed by atoms with van der Waals surface area (Å²) in [5, 5.41) is 0. The van der Waals surface area contributed by atoms with Crippen molar-refractivity contribution < 1.29 is 18.9 Å². The summed E-state index contributed by atoms with van der Waals surface area (Å²) in [5.74, 6) is 2.31. The molecule has 0 saturated carbocycles. The van der Waals surface area contributed by atoms with E-state index < -0.39 is 0 Å². The maximum atomic E-state index is 6.06. The van der Waals surface area contributed by atoms with Crippen LogP contribution in [0.5, 0.6) is 17.2 Å². The first-order chi connectivity index (χ1) is 10.2. The summed E-state index contributed by atoms with van der Waals surface area (Å²) in [7, 11) is 0. The number of hydrogen-bond acceptors (Lipinski definition) is 5. The van der Waals surface area contributed by atoms with Crippen LogP contribution in [0.1, 0.15) is 32.3 Å². The van der Waals surface area contributed by atoms with E-state index in [0.29, 0.717) is 13.2 Å². The van der Waals surface area contributed by atoms with Gasteiger partial charge < -0.3 is 24.7 Å². The fourth-order valence-electron chi connectivity index (χ4n) is 2.14. The van der Waals surface area contributed by atoms with Gasteiger partial charge in [0.15, 0.2) is 11.5 Å². The molecule has 0 aliphatic carbocycles. The first kappa shape index (κ1) is 15.9. The summed E-state index contributed by atoms with van der Waals surface area (Å²) < 4.78 is 22.1. The van der Waals surface area contributed by atoms with E-state index in [1.54, 1.807) is 0 Å². The minimum atomic E-state index is 0.115. The topological polar surface area (TPSA) is 62.9 Å². The average molecular weight is 295 g/mol. The van der Waals surface area contributed by atoms with Crippen LogP contribution in [0.15, 0.2) is 12.1 Å². The van der Waals surface area contributed by atoms with Crippen molar-refractivity contribution in [1.82, 2.24) is 0 Å². The third-order valence-corrected chi connectivity index (χ3v) is 3.40. The van der Waals surface area contributed by atoms with Gasteiger partial charge in [-0.1, -0.05) is 13.8 Å². The van der Waals surface area contributed by atoms with Crippen molar-refractivity contribution in [3.8, 4) is 17.2 Å².